The van der Waals surface area contributed by atoms with Gasteiger partial charge in [0.05, 0.1) is 19.8 Å². The van der Waals surface area contributed by atoms with E-state index in [1.165, 1.54) is 17.8 Å². The second kappa shape index (κ2) is 15.8. The number of benzene rings is 1. The van der Waals surface area contributed by atoms with Gasteiger partial charge in [-0.05, 0) is 93.5 Å². The van der Waals surface area contributed by atoms with Crippen molar-refractivity contribution in [2.24, 2.45) is 11.8 Å². The number of ether oxygens (including phenoxy) is 2. The van der Waals surface area contributed by atoms with Crippen LogP contribution in [0, 0.1) is 11.8 Å². The van der Waals surface area contributed by atoms with Crippen molar-refractivity contribution in [1.82, 2.24) is 10.6 Å². The van der Waals surface area contributed by atoms with Crippen LogP contribution >= 0.6 is 46.3 Å². The van der Waals surface area contributed by atoms with Crippen LogP contribution in [0.1, 0.15) is 71.4 Å². The molecule has 8 nitrogen and oxygen atoms in total. The molecule has 1 unspecified atom stereocenters. The number of rotatable bonds is 11. The van der Waals surface area contributed by atoms with Crippen LogP contribution in [0.2, 0.25) is 10.0 Å². The van der Waals surface area contributed by atoms with Crippen molar-refractivity contribution < 1.29 is 28.7 Å². The van der Waals surface area contributed by atoms with Crippen LogP contribution in [-0.4, -0.2) is 47.1 Å². The SMILES string of the molecule is C=CCOC(=O)CC1CC[C@@H](SC(=O)OC(C)(C)C)C[C@H]1CNC(=O)c1ccc(C(=O)NCc2ccc(Cl)c(Cl)c2)s1. The molecule has 3 atom stereocenters. The van der Waals surface area contributed by atoms with Gasteiger partial charge in [-0.25, -0.2) is 4.79 Å². The molecule has 228 valence electrons. The summed E-state index contributed by atoms with van der Waals surface area (Å²) in [5.41, 5.74) is 0.217. The summed E-state index contributed by atoms with van der Waals surface area (Å²) >= 11 is 14.2. The van der Waals surface area contributed by atoms with Crippen molar-refractivity contribution in [3.63, 3.8) is 0 Å². The minimum Gasteiger partial charge on any atom is -0.461 e. The van der Waals surface area contributed by atoms with E-state index in [9.17, 15) is 19.2 Å². The zero-order valence-corrected chi connectivity index (χ0v) is 27.0. The predicted octanol–water partition coefficient (Wildman–Crippen LogP) is 7.29. The summed E-state index contributed by atoms with van der Waals surface area (Å²) in [5.74, 6) is -0.989. The minimum atomic E-state index is -0.580. The fraction of sp³-hybridized carbons (Fsp3) is 0.467. The van der Waals surface area contributed by atoms with Crippen LogP contribution in [-0.2, 0) is 20.8 Å². The Hall–Kier alpha value is -2.53. The van der Waals surface area contributed by atoms with Crippen LogP contribution in [0.5, 0.6) is 0 Å². The molecular weight excluding hydrogens is 619 g/mol. The molecule has 0 spiro atoms. The Bertz CT molecular complexity index is 1290. The normalized spacial score (nSPS) is 18.5. The van der Waals surface area contributed by atoms with E-state index < -0.39 is 5.60 Å². The lowest BCUT2D eigenvalue weighted by atomic mass is 9.77. The Kier molecular flexibility index (Phi) is 12.8. The summed E-state index contributed by atoms with van der Waals surface area (Å²) in [5, 5.41) is 6.30. The second-order valence-electron chi connectivity index (χ2n) is 11.0. The third-order valence-electron chi connectivity index (χ3n) is 6.55. The molecule has 1 saturated carbocycles. The second-order valence-corrected chi connectivity index (χ2v) is 14.2. The number of hydrogen-bond acceptors (Lipinski definition) is 8. The number of thioether (sulfide) groups is 1. The fourth-order valence-corrected chi connectivity index (χ4v) is 6.88. The first-order valence-corrected chi connectivity index (χ1v) is 16.1. The van der Waals surface area contributed by atoms with Gasteiger partial charge in [0.1, 0.15) is 12.2 Å². The first-order valence-electron chi connectivity index (χ1n) is 13.6. The molecule has 12 heteroatoms. The Morgan fingerprint density at radius 1 is 1.02 bits per heavy atom. The van der Waals surface area contributed by atoms with E-state index in [1.807, 2.05) is 20.8 Å². The van der Waals surface area contributed by atoms with E-state index >= 15 is 0 Å². The van der Waals surface area contributed by atoms with Gasteiger partial charge in [-0.1, -0.05) is 41.9 Å². The van der Waals surface area contributed by atoms with E-state index in [4.69, 9.17) is 32.7 Å². The minimum absolute atomic E-state index is 0.00903. The molecule has 42 heavy (non-hydrogen) atoms. The van der Waals surface area contributed by atoms with Gasteiger partial charge < -0.3 is 20.1 Å². The van der Waals surface area contributed by atoms with Crippen molar-refractivity contribution in [2.45, 2.75) is 63.9 Å². The highest BCUT2D eigenvalue weighted by Crippen LogP contribution is 2.39. The van der Waals surface area contributed by atoms with Gasteiger partial charge in [0.25, 0.3) is 11.8 Å². The van der Waals surface area contributed by atoms with Gasteiger partial charge in [-0.2, -0.15) is 0 Å². The van der Waals surface area contributed by atoms with Crippen LogP contribution in [0.3, 0.4) is 0 Å². The molecule has 0 aliphatic heterocycles. The van der Waals surface area contributed by atoms with Crippen molar-refractivity contribution in [3.8, 4) is 0 Å². The lowest BCUT2D eigenvalue weighted by Crippen LogP contribution is -2.38. The number of carbonyl (C=O) groups is 4. The van der Waals surface area contributed by atoms with E-state index in [2.05, 4.69) is 17.2 Å². The summed E-state index contributed by atoms with van der Waals surface area (Å²) in [7, 11) is 0. The van der Waals surface area contributed by atoms with Crippen molar-refractivity contribution in [1.29, 1.82) is 0 Å². The molecule has 1 aliphatic carbocycles. The van der Waals surface area contributed by atoms with Crippen molar-refractivity contribution in [2.75, 3.05) is 13.2 Å². The van der Waals surface area contributed by atoms with E-state index in [0.717, 1.165) is 23.3 Å². The average Bonchev–Trinajstić information content (AvgIpc) is 3.42. The number of carbonyl (C=O) groups excluding carboxylic acids is 4. The third-order valence-corrected chi connectivity index (χ3v) is 9.41. The highest BCUT2D eigenvalue weighted by Gasteiger charge is 2.35. The van der Waals surface area contributed by atoms with Gasteiger partial charge >= 0.3 is 11.3 Å². The first-order chi connectivity index (χ1) is 19.8. The maximum atomic E-state index is 13.0. The Morgan fingerprint density at radius 3 is 2.36 bits per heavy atom. The largest absolute Gasteiger partial charge is 0.461 e. The summed E-state index contributed by atoms with van der Waals surface area (Å²) < 4.78 is 10.7. The standard InChI is InChI=1S/C30H36Cl2N2O6S2/c1-5-12-39-26(35)15-19-7-8-21(41-29(38)40-30(2,3)4)14-20(19)17-34-28(37)25-11-10-24(42-25)27(36)33-16-18-6-9-22(31)23(32)13-18/h5-6,9-11,13,19-21H,1,7-8,12,14-17H2,2-4H3,(H,33,36)(H,34,37)/t19?,20-,21+/m0/s1. The van der Waals surface area contributed by atoms with Gasteiger partial charge in [-0.15, -0.1) is 11.3 Å². The van der Waals surface area contributed by atoms with E-state index in [1.54, 1.807) is 30.3 Å². The summed E-state index contributed by atoms with van der Waals surface area (Å²) in [6.07, 6.45) is 3.84. The maximum Gasteiger partial charge on any atom is 0.368 e. The third kappa shape index (κ3) is 10.9. The molecule has 0 radical (unpaired) electrons. The first kappa shape index (κ1) is 34.0. The fourth-order valence-electron chi connectivity index (χ4n) is 4.56. The highest BCUT2D eigenvalue weighted by atomic mass is 35.5. The Morgan fingerprint density at radius 2 is 1.71 bits per heavy atom. The molecule has 1 heterocycles. The summed E-state index contributed by atoms with van der Waals surface area (Å²) in [6, 6.07) is 8.34. The molecule has 1 aromatic carbocycles. The number of amides is 2. The Balaban J connectivity index is 1.59. The molecule has 0 saturated heterocycles. The summed E-state index contributed by atoms with van der Waals surface area (Å²) in [6.45, 7) is 9.77. The van der Waals surface area contributed by atoms with Crippen molar-refractivity contribution >= 4 is 69.4 Å². The predicted molar refractivity (Wildman–Crippen MR) is 169 cm³/mol. The van der Waals surface area contributed by atoms with E-state index in [-0.39, 0.29) is 59.7 Å². The molecule has 2 N–H and O–H groups in total. The van der Waals surface area contributed by atoms with Crippen LogP contribution in [0.4, 0.5) is 4.79 Å². The molecule has 2 amide bonds. The van der Waals surface area contributed by atoms with Crippen LogP contribution < -0.4 is 10.6 Å². The molecule has 1 aromatic heterocycles. The van der Waals surface area contributed by atoms with Gasteiger partial charge in [0, 0.05) is 24.8 Å². The van der Waals surface area contributed by atoms with Crippen LogP contribution in [0.25, 0.3) is 0 Å². The molecular formula is C30H36Cl2N2O6S2. The lowest BCUT2D eigenvalue weighted by molar-refractivity contribution is -0.144. The van der Waals surface area contributed by atoms with Crippen molar-refractivity contribution in [3.05, 3.63) is 68.3 Å². The monoisotopic (exact) mass is 654 g/mol. The molecule has 0 bridgehead atoms. The lowest BCUT2D eigenvalue weighted by Gasteiger charge is -2.35. The highest BCUT2D eigenvalue weighted by molar-refractivity contribution is 8.13. The zero-order chi connectivity index (χ0) is 30.9. The number of hydrogen-bond donors (Lipinski definition) is 2. The topological polar surface area (TPSA) is 111 Å². The van der Waals surface area contributed by atoms with Gasteiger partial charge in [-0.3, -0.25) is 14.4 Å². The van der Waals surface area contributed by atoms with Gasteiger partial charge in [0.2, 0.25) is 0 Å². The quantitative estimate of drug-likeness (QED) is 0.193. The maximum absolute atomic E-state index is 13.0. The molecule has 1 aliphatic rings. The van der Waals surface area contributed by atoms with E-state index in [0.29, 0.717) is 39.2 Å². The van der Waals surface area contributed by atoms with Gasteiger partial charge in [0.15, 0.2) is 0 Å². The molecule has 1 fully saturated rings. The zero-order valence-electron chi connectivity index (χ0n) is 23.9. The number of thiophene rings is 1. The summed E-state index contributed by atoms with van der Waals surface area (Å²) in [4.78, 5) is 51.2. The number of esters is 1. The smallest absolute Gasteiger partial charge is 0.368 e. The molecule has 3 rings (SSSR count). The average molecular weight is 656 g/mol. The number of nitrogens with one attached hydrogen (secondary N) is 2. The number of halogens is 2. The Labute approximate surface area is 264 Å². The molecule has 2 aromatic rings. The van der Waals surface area contributed by atoms with Crippen LogP contribution in [0.15, 0.2) is 43.0 Å².